The second-order valence-corrected chi connectivity index (χ2v) is 10.3. The van der Waals surface area contributed by atoms with Gasteiger partial charge in [-0.15, -0.1) is 10.2 Å². The van der Waals surface area contributed by atoms with Crippen LogP contribution in [0.4, 0.5) is 0 Å². The SMILES string of the molecule is Cc1nnn(C23CC4CC(CC(NC(=O)[C@H]5CC[C@H](c6ccccc6)N5)(C4)C2)C3)n1. The van der Waals surface area contributed by atoms with Crippen molar-refractivity contribution in [1.29, 1.82) is 0 Å². The molecule has 7 heteroatoms. The number of carbonyl (C=O) groups is 1. The summed E-state index contributed by atoms with van der Waals surface area (Å²) >= 11 is 0. The van der Waals surface area contributed by atoms with Crippen molar-refractivity contribution in [3.05, 3.63) is 41.7 Å². The Bertz CT molecular complexity index is 942. The highest BCUT2D eigenvalue weighted by Crippen LogP contribution is 2.60. The molecular weight excluding hydrogens is 376 g/mol. The van der Waals surface area contributed by atoms with E-state index in [4.69, 9.17) is 0 Å². The van der Waals surface area contributed by atoms with Crippen LogP contribution >= 0.6 is 0 Å². The summed E-state index contributed by atoms with van der Waals surface area (Å²) in [5.74, 6) is 2.19. The van der Waals surface area contributed by atoms with E-state index >= 15 is 0 Å². The van der Waals surface area contributed by atoms with Crippen LogP contribution in [0.3, 0.4) is 0 Å². The molecular formula is C23H30N6O. The van der Waals surface area contributed by atoms with Gasteiger partial charge in [0.1, 0.15) is 0 Å². The molecule has 5 fully saturated rings. The molecule has 1 amide bonds. The highest BCUT2D eigenvalue weighted by Gasteiger charge is 2.60. The van der Waals surface area contributed by atoms with Crippen molar-refractivity contribution in [2.24, 2.45) is 11.8 Å². The molecule has 4 aliphatic carbocycles. The fraction of sp³-hybridized carbons (Fsp3) is 0.652. The number of aryl methyl sites for hydroxylation is 1. The van der Waals surface area contributed by atoms with Crippen molar-refractivity contribution in [3.8, 4) is 0 Å². The van der Waals surface area contributed by atoms with Gasteiger partial charge in [0, 0.05) is 11.6 Å². The van der Waals surface area contributed by atoms with Gasteiger partial charge in [0.05, 0.1) is 11.6 Å². The molecule has 4 atom stereocenters. The fourth-order valence-corrected chi connectivity index (χ4v) is 7.33. The smallest absolute Gasteiger partial charge is 0.237 e. The third-order valence-electron chi connectivity index (χ3n) is 8.02. The van der Waals surface area contributed by atoms with Crippen LogP contribution in [0.15, 0.2) is 30.3 Å². The quantitative estimate of drug-likeness (QED) is 0.815. The van der Waals surface area contributed by atoms with Crippen molar-refractivity contribution >= 4 is 5.91 Å². The van der Waals surface area contributed by atoms with Crippen LogP contribution in [-0.2, 0) is 10.3 Å². The van der Waals surface area contributed by atoms with Crippen LogP contribution < -0.4 is 10.6 Å². The summed E-state index contributed by atoms with van der Waals surface area (Å²) in [5, 5.41) is 20.3. The second kappa shape index (κ2) is 6.61. The van der Waals surface area contributed by atoms with E-state index in [1.54, 1.807) is 0 Å². The zero-order valence-electron chi connectivity index (χ0n) is 17.6. The zero-order valence-corrected chi connectivity index (χ0v) is 17.6. The van der Waals surface area contributed by atoms with Crippen LogP contribution in [-0.4, -0.2) is 37.7 Å². The molecule has 7 nitrogen and oxygen atoms in total. The Hall–Kier alpha value is -2.28. The average Bonchev–Trinajstić information content (AvgIpc) is 3.37. The number of tetrazole rings is 1. The lowest BCUT2D eigenvalue weighted by molar-refractivity contribution is -0.133. The molecule has 0 spiro atoms. The topological polar surface area (TPSA) is 84.7 Å². The van der Waals surface area contributed by atoms with E-state index in [9.17, 15) is 4.79 Å². The summed E-state index contributed by atoms with van der Waals surface area (Å²) in [6.45, 7) is 1.90. The van der Waals surface area contributed by atoms with Gasteiger partial charge in [-0.05, 0) is 80.9 Å². The molecule has 1 saturated heterocycles. The maximum atomic E-state index is 13.3. The monoisotopic (exact) mass is 406 g/mol. The molecule has 2 aromatic rings. The number of nitrogens with zero attached hydrogens (tertiary/aromatic N) is 4. The van der Waals surface area contributed by atoms with Crippen LogP contribution in [0.2, 0.25) is 0 Å². The van der Waals surface area contributed by atoms with Gasteiger partial charge in [-0.2, -0.15) is 4.80 Å². The molecule has 4 saturated carbocycles. The summed E-state index contributed by atoms with van der Waals surface area (Å²) < 4.78 is 0. The Labute approximate surface area is 177 Å². The fourth-order valence-electron chi connectivity index (χ4n) is 7.33. The van der Waals surface area contributed by atoms with E-state index in [2.05, 4.69) is 50.3 Å². The standard InChI is InChI=1S/C23H30N6O/c1-15-26-28-29(27-15)23-12-16-9-17(13-23)11-22(10-16,14-23)25-21(30)20-8-7-19(24-20)18-5-3-2-4-6-18/h2-6,16-17,19-20,24H,7-14H2,1H3,(H,25,30)/t16?,17?,19-,20-,22?,23?/m1/s1. The molecule has 30 heavy (non-hydrogen) atoms. The maximum absolute atomic E-state index is 13.3. The van der Waals surface area contributed by atoms with Crippen molar-refractivity contribution in [2.45, 2.75) is 81.5 Å². The first-order valence-corrected chi connectivity index (χ1v) is 11.4. The summed E-state index contributed by atoms with van der Waals surface area (Å²) in [6.07, 6.45) is 8.55. The Balaban J connectivity index is 1.20. The lowest BCUT2D eigenvalue weighted by Crippen LogP contribution is -2.67. The summed E-state index contributed by atoms with van der Waals surface area (Å²) in [7, 11) is 0. The molecule has 4 bridgehead atoms. The molecule has 7 rings (SSSR count). The van der Waals surface area contributed by atoms with Gasteiger partial charge < -0.3 is 5.32 Å². The number of rotatable bonds is 4. The summed E-state index contributed by atoms with van der Waals surface area (Å²) in [5.41, 5.74) is 1.08. The van der Waals surface area contributed by atoms with Gasteiger partial charge >= 0.3 is 0 Å². The largest absolute Gasteiger partial charge is 0.349 e. The van der Waals surface area contributed by atoms with Crippen molar-refractivity contribution in [3.63, 3.8) is 0 Å². The Morgan fingerprint density at radius 2 is 1.90 bits per heavy atom. The maximum Gasteiger partial charge on any atom is 0.237 e. The van der Waals surface area contributed by atoms with Crippen LogP contribution in [0.25, 0.3) is 0 Å². The number of nitrogens with one attached hydrogen (secondary N) is 2. The second-order valence-electron chi connectivity index (χ2n) is 10.3. The number of aromatic nitrogens is 4. The van der Waals surface area contributed by atoms with E-state index < -0.39 is 0 Å². The number of carbonyl (C=O) groups excluding carboxylic acids is 1. The predicted molar refractivity (Wildman–Crippen MR) is 111 cm³/mol. The zero-order chi connectivity index (χ0) is 20.3. The molecule has 1 aliphatic heterocycles. The molecule has 5 aliphatic rings. The highest BCUT2D eigenvalue weighted by molar-refractivity contribution is 5.83. The first kappa shape index (κ1) is 18.5. The third kappa shape index (κ3) is 2.97. The molecule has 1 aromatic heterocycles. The summed E-state index contributed by atoms with van der Waals surface area (Å²) in [6, 6.07) is 10.6. The van der Waals surface area contributed by atoms with Crippen molar-refractivity contribution in [1.82, 2.24) is 30.8 Å². The minimum Gasteiger partial charge on any atom is -0.349 e. The first-order valence-electron chi connectivity index (χ1n) is 11.4. The predicted octanol–water partition coefficient (Wildman–Crippen LogP) is 2.64. The van der Waals surface area contributed by atoms with E-state index in [1.165, 1.54) is 12.0 Å². The average molecular weight is 407 g/mol. The minimum atomic E-state index is -0.116. The third-order valence-corrected chi connectivity index (χ3v) is 8.02. The molecule has 1 aromatic carbocycles. The minimum absolute atomic E-state index is 0.0751. The number of hydrogen-bond acceptors (Lipinski definition) is 5. The van der Waals surface area contributed by atoms with Gasteiger partial charge in [-0.1, -0.05) is 30.3 Å². The normalized spacial score (nSPS) is 39.4. The van der Waals surface area contributed by atoms with E-state index in [1.807, 2.05) is 17.8 Å². The van der Waals surface area contributed by atoms with Gasteiger partial charge in [0.25, 0.3) is 0 Å². The van der Waals surface area contributed by atoms with E-state index in [0.29, 0.717) is 11.8 Å². The van der Waals surface area contributed by atoms with Gasteiger partial charge in [0.15, 0.2) is 5.82 Å². The Morgan fingerprint density at radius 1 is 1.13 bits per heavy atom. The number of hydrogen-bond donors (Lipinski definition) is 2. The van der Waals surface area contributed by atoms with Crippen molar-refractivity contribution in [2.75, 3.05) is 0 Å². The van der Waals surface area contributed by atoms with Gasteiger partial charge in [0.2, 0.25) is 5.91 Å². The Morgan fingerprint density at radius 3 is 2.60 bits per heavy atom. The molecule has 2 N–H and O–H groups in total. The molecule has 158 valence electrons. The van der Waals surface area contributed by atoms with E-state index in [0.717, 1.165) is 50.8 Å². The molecule has 2 unspecified atom stereocenters. The van der Waals surface area contributed by atoms with Crippen molar-refractivity contribution < 1.29 is 4.79 Å². The molecule has 2 heterocycles. The van der Waals surface area contributed by atoms with Crippen LogP contribution in [0.5, 0.6) is 0 Å². The lowest BCUT2D eigenvalue weighted by Gasteiger charge is -2.61. The lowest BCUT2D eigenvalue weighted by atomic mass is 9.50. The number of amides is 1. The first-order chi connectivity index (χ1) is 14.5. The highest BCUT2D eigenvalue weighted by atomic mass is 16.2. The van der Waals surface area contributed by atoms with Crippen LogP contribution in [0, 0.1) is 18.8 Å². The Kier molecular flexibility index (Phi) is 4.07. The van der Waals surface area contributed by atoms with Gasteiger partial charge in [-0.3, -0.25) is 10.1 Å². The number of benzene rings is 1. The summed E-state index contributed by atoms with van der Waals surface area (Å²) in [4.78, 5) is 15.2. The van der Waals surface area contributed by atoms with Gasteiger partial charge in [-0.25, -0.2) is 0 Å². The van der Waals surface area contributed by atoms with Crippen LogP contribution in [0.1, 0.15) is 68.8 Å². The van der Waals surface area contributed by atoms with E-state index in [-0.39, 0.29) is 29.1 Å². The molecule has 0 radical (unpaired) electrons.